The third kappa shape index (κ3) is 11.4. The number of nitrogens with one attached hydrogen (secondary N) is 4. The topological polar surface area (TPSA) is 261 Å². The summed E-state index contributed by atoms with van der Waals surface area (Å²) < 4.78 is 24.1. The van der Waals surface area contributed by atoms with Gasteiger partial charge in [-0.2, -0.15) is 15.0 Å². The average Bonchev–Trinajstić information content (AvgIpc) is 4.00. The van der Waals surface area contributed by atoms with E-state index in [1.807, 2.05) is 6.07 Å². The Morgan fingerprint density at radius 1 is 0.824 bits per heavy atom. The second-order valence-electron chi connectivity index (χ2n) is 17.1. The van der Waals surface area contributed by atoms with Gasteiger partial charge in [-0.3, -0.25) is 39.0 Å². The van der Waals surface area contributed by atoms with E-state index < -0.39 is 29.7 Å². The first-order chi connectivity index (χ1) is 33.1. The molecule has 2 aliphatic carbocycles. The van der Waals surface area contributed by atoms with E-state index in [2.05, 4.69) is 42.4 Å². The number of aromatic nitrogens is 4. The first kappa shape index (κ1) is 47.6. The number of amides is 6. The van der Waals surface area contributed by atoms with E-state index in [0.717, 1.165) is 17.7 Å². The molecule has 2 aliphatic heterocycles. The maximum absolute atomic E-state index is 13.6. The van der Waals surface area contributed by atoms with Crippen LogP contribution in [0.4, 0.5) is 11.4 Å². The lowest BCUT2D eigenvalue weighted by atomic mass is 9.85. The van der Waals surface area contributed by atoms with Gasteiger partial charge in [0.05, 0.1) is 87.0 Å². The van der Waals surface area contributed by atoms with Crippen molar-refractivity contribution in [1.29, 1.82) is 5.26 Å². The van der Waals surface area contributed by atoms with E-state index in [9.17, 15) is 34.0 Å². The number of rotatable bonds is 23. The molecule has 3 aromatic heterocycles. The molecule has 1 unspecified atom stereocenters. The SMILES string of the molecule is CN(CCOCCOCCOCCOCCNc1cccc2c1C(=O)N(C1CCC(=O)NC1=O)C2=O)C(=O)[C@H]1CC[C@H](NC(=O)c2cnc(-n3ncc4cc(C#N)cnc43)cc2NC2CC2)CC1. The van der Waals surface area contributed by atoms with E-state index in [-0.39, 0.29) is 53.8 Å². The van der Waals surface area contributed by atoms with Crippen molar-refractivity contribution in [3.63, 3.8) is 0 Å². The fourth-order valence-electron chi connectivity index (χ4n) is 8.51. The van der Waals surface area contributed by atoms with Gasteiger partial charge in [-0.25, -0.2) is 9.97 Å². The summed E-state index contributed by atoms with van der Waals surface area (Å²) in [6.07, 6.45) is 9.58. The number of benzene rings is 1. The number of nitriles is 1. The van der Waals surface area contributed by atoms with Crippen LogP contribution < -0.4 is 21.3 Å². The predicted molar refractivity (Wildman–Crippen MR) is 244 cm³/mol. The highest BCUT2D eigenvalue weighted by Gasteiger charge is 2.45. The van der Waals surface area contributed by atoms with Crippen LogP contribution in [-0.2, 0) is 33.3 Å². The number of carbonyl (C=O) groups excluding carboxylic acids is 6. The fourth-order valence-corrected chi connectivity index (χ4v) is 8.51. The van der Waals surface area contributed by atoms with E-state index in [1.165, 1.54) is 6.20 Å². The molecule has 8 rings (SSSR count). The molecule has 21 heteroatoms. The normalized spacial score (nSPS) is 19.1. The molecule has 4 N–H and O–H groups in total. The summed E-state index contributed by atoms with van der Waals surface area (Å²) in [4.78, 5) is 88.6. The van der Waals surface area contributed by atoms with E-state index >= 15 is 0 Å². The number of imide groups is 2. The molecule has 2 saturated carbocycles. The van der Waals surface area contributed by atoms with Gasteiger partial charge in [0.1, 0.15) is 12.1 Å². The Morgan fingerprint density at radius 3 is 2.24 bits per heavy atom. The highest BCUT2D eigenvalue weighted by molar-refractivity contribution is 6.25. The lowest BCUT2D eigenvalue weighted by molar-refractivity contribution is -0.137. The van der Waals surface area contributed by atoms with Crippen molar-refractivity contribution in [1.82, 2.24) is 40.2 Å². The van der Waals surface area contributed by atoms with Crippen LogP contribution in [0.15, 0.2) is 48.9 Å². The minimum Gasteiger partial charge on any atom is -0.382 e. The maximum Gasteiger partial charge on any atom is 0.264 e. The minimum absolute atomic E-state index is 0.0528. The van der Waals surface area contributed by atoms with Gasteiger partial charge in [-0.15, -0.1) is 0 Å². The minimum atomic E-state index is -1.03. The zero-order valence-corrected chi connectivity index (χ0v) is 37.9. The number of nitrogens with zero attached hydrogens (tertiary/aromatic N) is 7. The van der Waals surface area contributed by atoms with Crippen LogP contribution in [0.1, 0.15) is 88.0 Å². The molecule has 4 aliphatic rings. The predicted octanol–water partition coefficient (Wildman–Crippen LogP) is 2.59. The van der Waals surface area contributed by atoms with Gasteiger partial charge < -0.3 is 39.8 Å². The molecular weight excluding hydrogens is 879 g/mol. The Bertz CT molecular complexity index is 2570. The molecule has 0 bridgehead atoms. The van der Waals surface area contributed by atoms with Crippen LogP contribution in [0.5, 0.6) is 0 Å². The van der Waals surface area contributed by atoms with Crippen molar-refractivity contribution in [3.05, 3.63) is 71.2 Å². The highest BCUT2D eigenvalue weighted by Crippen LogP contribution is 2.33. The molecular formula is C47H55N11O10. The molecule has 0 spiro atoms. The molecule has 68 heavy (non-hydrogen) atoms. The van der Waals surface area contributed by atoms with Gasteiger partial charge in [-0.05, 0) is 63.1 Å². The zero-order valence-electron chi connectivity index (χ0n) is 37.9. The van der Waals surface area contributed by atoms with Gasteiger partial charge >= 0.3 is 0 Å². The number of carbonyl (C=O) groups is 6. The molecule has 21 nitrogen and oxygen atoms in total. The Morgan fingerprint density at radius 2 is 1.53 bits per heavy atom. The van der Waals surface area contributed by atoms with Crippen LogP contribution in [0, 0.1) is 17.2 Å². The quantitative estimate of drug-likeness (QED) is 0.0616. The smallest absolute Gasteiger partial charge is 0.264 e. The lowest BCUT2D eigenvalue weighted by Crippen LogP contribution is -2.54. The summed E-state index contributed by atoms with van der Waals surface area (Å²) in [5, 5.41) is 26.4. The molecule has 5 heterocycles. The second kappa shape index (κ2) is 22.3. The molecule has 1 saturated heterocycles. The molecule has 1 aromatic carbocycles. The van der Waals surface area contributed by atoms with Gasteiger partial charge in [0, 0.05) is 74.1 Å². The zero-order chi connectivity index (χ0) is 47.6. The van der Waals surface area contributed by atoms with Crippen molar-refractivity contribution in [2.75, 3.05) is 83.6 Å². The number of hydrogen-bond acceptors (Lipinski definition) is 16. The van der Waals surface area contributed by atoms with Crippen LogP contribution >= 0.6 is 0 Å². The Kier molecular flexibility index (Phi) is 15.6. The first-order valence-corrected chi connectivity index (χ1v) is 23.1. The number of fused-ring (bicyclic) bond motifs is 2. The highest BCUT2D eigenvalue weighted by atomic mass is 16.6. The number of hydrogen-bond donors (Lipinski definition) is 4. The van der Waals surface area contributed by atoms with Crippen LogP contribution in [0.25, 0.3) is 16.9 Å². The third-order valence-corrected chi connectivity index (χ3v) is 12.3. The summed E-state index contributed by atoms with van der Waals surface area (Å²) in [6, 6.07) is 9.70. The van der Waals surface area contributed by atoms with Gasteiger partial charge in [0.25, 0.3) is 17.7 Å². The van der Waals surface area contributed by atoms with Gasteiger partial charge in [-0.1, -0.05) is 6.07 Å². The van der Waals surface area contributed by atoms with Crippen LogP contribution in [-0.4, -0.2) is 156 Å². The second-order valence-corrected chi connectivity index (χ2v) is 17.1. The Labute approximate surface area is 392 Å². The summed E-state index contributed by atoms with van der Waals surface area (Å²) in [5.41, 5.74) is 2.98. The van der Waals surface area contributed by atoms with Crippen molar-refractivity contribution >= 4 is 57.9 Å². The number of anilines is 2. The summed E-state index contributed by atoms with van der Waals surface area (Å²) in [6.45, 7) is 3.71. The van der Waals surface area contributed by atoms with Crippen LogP contribution in [0.2, 0.25) is 0 Å². The summed E-state index contributed by atoms with van der Waals surface area (Å²) in [7, 11) is 1.78. The van der Waals surface area contributed by atoms with E-state index in [1.54, 1.807) is 53.3 Å². The number of likely N-dealkylation sites (N-methyl/N-ethyl adjacent to an activating group) is 1. The maximum atomic E-state index is 13.6. The molecule has 0 radical (unpaired) electrons. The van der Waals surface area contributed by atoms with Gasteiger partial charge in [0.2, 0.25) is 17.7 Å². The molecule has 358 valence electrons. The number of ether oxygens (including phenoxy) is 4. The molecule has 3 fully saturated rings. The van der Waals surface area contributed by atoms with Crippen molar-refractivity contribution in [2.45, 2.75) is 69.5 Å². The van der Waals surface area contributed by atoms with E-state index in [4.69, 9.17) is 18.9 Å². The Balaban J connectivity index is 0.649. The summed E-state index contributed by atoms with van der Waals surface area (Å²) in [5.74, 6) is -1.98. The largest absolute Gasteiger partial charge is 0.382 e. The van der Waals surface area contributed by atoms with Crippen LogP contribution in [0.3, 0.4) is 0 Å². The lowest BCUT2D eigenvalue weighted by Gasteiger charge is -2.31. The number of piperidine rings is 1. The molecule has 6 amide bonds. The fraction of sp³-hybridized carbons (Fsp3) is 0.489. The van der Waals surface area contributed by atoms with Crippen molar-refractivity contribution < 1.29 is 47.7 Å². The third-order valence-electron chi connectivity index (χ3n) is 12.3. The molecule has 1 atom stereocenters. The van der Waals surface area contributed by atoms with Gasteiger partial charge in [0.15, 0.2) is 11.5 Å². The monoisotopic (exact) mass is 933 g/mol. The molecule has 4 aromatic rings. The number of pyridine rings is 2. The van der Waals surface area contributed by atoms with Crippen molar-refractivity contribution in [2.24, 2.45) is 5.92 Å². The first-order valence-electron chi connectivity index (χ1n) is 23.1. The average molecular weight is 934 g/mol. The standard InChI is InChI=1S/C47H55N11O10/c1-56(14-16-66-18-20-68-22-21-67-19-17-65-15-13-49-36-4-2-3-34-41(36)47(64)57(46(34)63)38-11-12-40(59)55-44(38)61)45(62)30-5-7-33(8-6-30)54-43(60)35-28-50-39(24-37(35)53-32-9-10-32)58-42-31(27-52-58)23-29(25-48)26-51-42/h2-4,23-24,26-28,30,32-33,38,49H,5-22H2,1H3,(H,50,53)(H,54,60)(H,55,59,61)/t30-,33-,38?. The Hall–Kier alpha value is -6.86. The van der Waals surface area contributed by atoms with E-state index in [0.29, 0.717) is 131 Å². The van der Waals surface area contributed by atoms with Crippen molar-refractivity contribution in [3.8, 4) is 11.9 Å². The summed E-state index contributed by atoms with van der Waals surface area (Å²) >= 11 is 0.